The van der Waals surface area contributed by atoms with Crippen molar-refractivity contribution in [3.8, 4) is 0 Å². The quantitative estimate of drug-likeness (QED) is 0.734. The molecule has 0 saturated heterocycles. The average Bonchev–Trinajstić information content (AvgIpc) is 2.85. The number of nitrogens with two attached hydrogens (primary N) is 1. The van der Waals surface area contributed by atoms with Gasteiger partial charge in [0.05, 0.1) is 0 Å². The Balaban J connectivity index is 2.25. The zero-order valence-electron chi connectivity index (χ0n) is 7.82. The van der Waals surface area contributed by atoms with E-state index in [-0.39, 0.29) is 0 Å². The average molecular weight is 178 g/mol. The predicted octanol–water partition coefficient (Wildman–Crippen LogP) is 0.559. The maximum Gasteiger partial charge on any atom is 0.135 e. The molecule has 1 fully saturated rings. The van der Waals surface area contributed by atoms with Crippen LogP contribution in [0.3, 0.4) is 0 Å². The van der Waals surface area contributed by atoms with E-state index in [1.54, 1.807) is 0 Å². The van der Waals surface area contributed by atoms with Gasteiger partial charge in [0.1, 0.15) is 17.5 Å². The summed E-state index contributed by atoms with van der Waals surface area (Å²) in [6.45, 7) is 2.52. The lowest BCUT2D eigenvalue weighted by Gasteiger charge is -2.02. The Morgan fingerprint density at radius 3 is 2.69 bits per heavy atom. The molecule has 0 unspecified atom stereocenters. The molecule has 70 valence electrons. The van der Waals surface area contributed by atoms with Crippen LogP contribution in [0.2, 0.25) is 0 Å². The number of aryl methyl sites for hydroxylation is 1. The van der Waals surface area contributed by atoms with Gasteiger partial charge in [0.15, 0.2) is 0 Å². The molecule has 0 amide bonds. The van der Waals surface area contributed by atoms with Gasteiger partial charge < -0.3 is 5.73 Å². The molecule has 4 heteroatoms. The molecule has 0 aromatic carbocycles. The summed E-state index contributed by atoms with van der Waals surface area (Å²) in [5, 5.41) is 0. The van der Waals surface area contributed by atoms with Crippen LogP contribution >= 0.6 is 0 Å². The second kappa shape index (κ2) is 3.38. The van der Waals surface area contributed by atoms with Crippen LogP contribution in [0.25, 0.3) is 0 Å². The zero-order valence-corrected chi connectivity index (χ0v) is 7.82. The number of nitrogens with zero attached hydrogens (tertiary/aromatic N) is 3. The lowest BCUT2D eigenvalue weighted by atomic mass is 10.3. The Hall–Kier alpha value is -1.03. The van der Waals surface area contributed by atoms with Crippen LogP contribution in [0.1, 0.15) is 36.2 Å². The van der Waals surface area contributed by atoms with Crippen LogP contribution in [0, 0.1) is 6.92 Å². The van der Waals surface area contributed by atoms with Crippen molar-refractivity contribution >= 4 is 0 Å². The van der Waals surface area contributed by atoms with E-state index < -0.39 is 0 Å². The van der Waals surface area contributed by atoms with Crippen LogP contribution in [-0.4, -0.2) is 21.5 Å². The van der Waals surface area contributed by atoms with E-state index >= 15 is 0 Å². The highest BCUT2D eigenvalue weighted by molar-refractivity contribution is 5.07. The van der Waals surface area contributed by atoms with Gasteiger partial charge in [-0.25, -0.2) is 15.0 Å². The van der Waals surface area contributed by atoms with Crippen molar-refractivity contribution in [2.24, 2.45) is 5.73 Å². The Bertz CT molecular complexity index is 306. The van der Waals surface area contributed by atoms with Gasteiger partial charge in [0.2, 0.25) is 0 Å². The van der Waals surface area contributed by atoms with Gasteiger partial charge in [-0.3, -0.25) is 0 Å². The minimum absolute atomic E-state index is 0.596. The molecule has 2 N–H and O–H groups in total. The Labute approximate surface area is 77.6 Å². The van der Waals surface area contributed by atoms with Crippen molar-refractivity contribution in [1.82, 2.24) is 15.0 Å². The third-order valence-corrected chi connectivity index (χ3v) is 2.12. The molecule has 0 aliphatic heterocycles. The molecule has 0 radical (unpaired) electrons. The molecular weight excluding hydrogens is 164 g/mol. The Morgan fingerprint density at radius 1 is 1.31 bits per heavy atom. The second-order valence-electron chi connectivity index (χ2n) is 3.47. The summed E-state index contributed by atoms with van der Waals surface area (Å²) in [5.74, 6) is 3.23. The molecule has 1 saturated carbocycles. The van der Waals surface area contributed by atoms with Crippen molar-refractivity contribution in [3.63, 3.8) is 0 Å². The SMILES string of the molecule is Cc1nc(CCN)nc(C2CC2)n1. The molecule has 1 aromatic heterocycles. The third kappa shape index (κ3) is 2.01. The van der Waals surface area contributed by atoms with Crippen molar-refractivity contribution in [1.29, 1.82) is 0 Å². The van der Waals surface area contributed by atoms with E-state index in [9.17, 15) is 0 Å². The lowest BCUT2D eigenvalue weighted by Crippen LogP contribution is -2.10. The van der Waals surface area contributed by atoms with E-state index in [1.165, 1.54) is 12.8 Å². The normalized spacial score (nSPS) is 16.2. The van der Waals surface area contributed by atoms with Crippen LogP contribution in [-0.2, 0) is 6.42 Å². The monoisotopic (exact) mass is 178 g/mol. The maximum absolute atomic E-state index is 5.45. The minimum Gasteiger partial charge on any atom is -0.330 e. The largest absolute Gasteiger partial charge is 0.330 e. The molecule has 1 heterocycles. The first-order chi connectivity index (χ1) is 6.29. The van der Waals surface area contributed by atoms with Gasteiger partial charge in [-0.2, -0.15) is 0 Å². The smallest absolute Gasteiger partial charge is 0.135 e. The number of hydrogen-bond donors (Lipinski definition) is 1. The first-order valence-electron chi connectivity index (χ1n) is 4.71. The predicted molar refractivity (Wildman–Crippen MR) is 49.3 cm³/mol. The van der Waals surface area contributed by atoms with Crippen molar-refractivity contribution < 1.29 is 0 Å². The molecule has 2 rings (SSSR count). The van der Waals surface area contributed by atoms with Gasteiger partial charge in [0.25, 0.3) is 0 Å². The summed E-state index contributed by atoms with van der Waals surface area (Å²) in [6, 6.07) is 0. The first-order valence-corrected chi connectivity index (χ1v) is 4.71. The van der Waals surface area contributed by atoms with Gasteiger partial charge in [0, 0.05) is 12.3 Å². The van der Waals surface area contributed by atoms with E-state index in [0.717, 1.165) is 23.9 Å². The molecular formula is C9H14N4. The summed E-state index contributed by atoms with van der Waals surface area (Å²) in [6.07, 6.45) is 3.21. The molecule has 1 aliphatic carbocycles. The van der Waals surface area contributed by atoms with Gasteiger partial charge >= 0.3 is 0 Å². The Morgan fingerprint density at radius 2 is 2.08 bits per heavy atom. The topological polar surface area (TPSA) is 64.7 Å². The molecule has 0 atom stereocenters. The standard InChI is InChI=1S/C9H14N4/c1-6-11-8(4-5-10)13-9(12-6)7-2-3-7/h7H,2-5,10H2,1H3. The summed E-state index contributed by atoms with van der Waals surface area (Å²) in [4.78, 5) is 12.9. The van der Waals surface area contributed by atoms with Crippen LogP contribution < -0.4 is 5.73 Å². The zero-order chi connectivity index (χ0) is 9.26. The van der Waals surface area contributed by atoms with Crippen molar-refractivity contribution in [3.05, 3.63) is 17.5 Å². The van der Waals surface area contributed by atoms with Crippen LogP contribution in [0.5, 0.6) is 0 Å². The summed E-state index contributed by atoms with van der Waals surface area (Å²) >= 11 is 0. The molecule has 4 nitrogen and oxygen atoms in total. The van der Waals surface area contributed by atoms with Crippen LogP contribution in [0.4, 0.5) is 0 Å². The van der Waals surface area contributed by atoms with Gasteiger partial charge in [-0.15, -0.1) is 0 Å². The van der Waals surface area contributed by atoms with Crippen molar-refractivity contribution in [2.45, 2.75) is 32.1 Å². The maximum atomic E-state index is 5.45. The highest BCUT2D eigenvalue weighted by Crippen LogP contribution is 2.37. The molecule has 1 aliphatic rings. The highest BCUT2D eigenvalue weighted by Gasteiger charge is 2.27. The highest BCUT2D eigenvalue weighted by atomic mass is 15.0. The summed E-state index contributed by atoms with van der Waals surface area (Å²) in [5.41, 5.74) is 5.45. The number of rotatable bonds is 3. The van der Waals surface area contributed by atoms with Gasteiger partial charge in [-0.05, 0) is 26.3 Å². The fourth-order valence-corrected chi connectivity index (χ4v) is 1.32. The molecule has 0 spiro atoms. The summed E-state index contributed by atoms with van der Waals surface area (Å²) in [7, 11) is 0. The first kappa shape index (κ1) is 8.56. The Kier molecular flexibility index (Phi) is 2.22. The van der Waals surface area contributed by atoms with Crippen molar-refractivity contribution in [2.75, 3.05) is 6.54 Å². The second-order valence-corrected chi connectivity index (χ2v) is 3.47. The fourth-order valence-electron chi connectivity index (χ4n) is 1.32. The van der Waals surface area contributed by atoms with Gasteiger partial charge in [-0.1, -0.05) is 0 Å². The van der Waals surface area contributed by atoms with E-state index in [2.05, 4.69) is 15.0 Å². The summed E-state index contributed by atoms with van der Waals surface area (Å²) < 4.78 is 0. The third-order valence-electron chi connectivity index (χ3n) is 2.12. The van der Waals surface area contributed by atoms with E-state index in [1.807, 2.05) is 6.92 Å². The van der Waals surface area contributed by atoms with E-state index in [4.69, 9.17) is 5.73 Å². The molecule has 13 heavy (non-hydrogen) atoms. The number of aromatic nitrogens is 3. The van der Waals surface area contributed by atoms with Crippen LogP contribution in [0.15, 0.2) is 0 Å². The lowest BCUT2D eigenvalue weighted by molar-refractivity contribution is 0.771. The molecule has 0 bridgehead atoms. The fraction of sp³-hybridized carbons (Fsp3) is 0.667. The molecule has 1 aromatic rings. The number of hydrogen-bond acceptors (Lipinski definition) is 4. The van der Waals surface area contributed by atoms with E-state index in [0.29, 0.717) is 12.5 Å². The minimum atomic E-state index is 0.596.